The lowest BCUT2D eigenvalue weighted by Crippen LogP contribution is -2.34. The SMILES string of the molecule is CSc1ccc(Nc2ncnc(N3CCC(c4nc(C(C)C)no4)CC3)c2N)cc1. The lowest BCUT2D eigenvalue weighted by Gasteiger charge is -2.32. The molecule has 0 unspecified atom stereocenters. The number of piperidine rings is 1. The van der Waals surface area contributed by atoms with E-state index in [-0.39, 0.29) is 11.8 Å². The van der Waals surface area contributed by atoms with Gasteiger partial charge in [0.1, 0.15) is 12.0 Å². The lowest BCUT2D eigenvalue weighted by molar-refractivity contribution is 0.326. The molecular formula is C21H27N7OS. The zero-order valence-corrected chi connectivity index (χ0v) is 18.3. The summed E-state index contributed by atoms with van der Waals surface area (Å²) < 4.78 is 5.49. The van der Waals surface area contributed by atoms with E-state index in [9.17, 15) is 0 Å². The number of rotatable bonds is 6. The van der Waals surface area contributed by atoms with E-state index in [1.54, 1.807) is 18.1 Å². The van der Waals surface area contributed by atoms with Crippen molar-refractivity contribution < 1.29 is 4.52 Å². The van der Waals surface area contributed by atoms with Gasteiger partial charge in [-0.25, -0.2) is 9.97 Å². The molecule has 1 aromatic carbocycles. The second-order valence-electron chi connectivity index (χ2n) is 7.72. The number of hydrogen-bond donors (Lipinski definition) is 2. The predicted octanol–water partition coefficient (Wildman–Crippen LogP) is 4.41. The number of nitrogens with one attached hydrogen (secondary N) is 1. The fourth-order valence-corrected chi connectivity index (χ4v) is 3.94. The van der Waals surface area contributed by atoms with Crippen molar-refractivity contribution in [2.24, 2.45) is 0 Å². The maximum atomic E-state index is 6.43. The summed E-state index contributed by atoms with van der Waals surface area (Å²) in [6, 6.07) is 8.18. The van der Waals surface area contributed by atoms with Crippen LogP contribution in [0.4, 0.5) is 23.0 Å². The van der Waals surface area contributed by atoms with Gasteiger partial charge in [-0.05, 0) is 43.4 Å². The average Bonchev–Trinajstić information content (AvgIpc) is 3.27. The largest absolute Gasteiger partial charge is 0.393 e. The molecule has 0 saturated carbocycles. The molecule has 8 nitrogen and oxygen atoms in total. The Morgan fingerprint density at radius 2 is 1.90 bits per heavy atom. The number of anilines is 4. The summed E-state index contributed by atoms with van der Waals surface area (Å²) in [5.41, 5.74) is 7.93. The Morgan fingerprint density at radius 1 is 1.17 bits per heavy atom. The van der Waals surface area contributed by atoms with Crippen LogP contribution in [0.25, 0.3) is 0 Å². The number of aromatic nitrogens is 4. The predicted molar refractivity (Wildman–Crippen MR) is 121 cm³/mol. The molecule has 0 bridgehead atoms. The molecule has 158 valence electrons. The maximum absolute atomic E-state index is 6.43. The molecular weight excluding hydrogens is 398 g/mol. The van der Waals surface area contributed by atoms with Crippen molar-refractivity contribution in [2.45, 2.75) is 43.4 Å². The van der Waals surface area contributed by atoms with Crippen molar-refractivity contribution in [1.29, 1.82) is 0 Å². The van der Waals surface area contributed by atoms with Gasteiger partial charge >= 0.3 is 0 Å². The fraction of sp³-hybridized carbons (Fsp3) is 0.429. The van der Waals surface area contributed by atoms with Crippen molar-refractivity contribution in [2.75, 3.05) is 35.3 Å². The van der Waals surface area contributed by atoms with Crippen molar-refractivity contribution in [3.8, 4) is 0 Å². The van der Waals surface area contributed by atoms with E-state index in [0.717, 1.165) is 49.2 Å². The second kappa shape index (κ2) is 8.91. The number of nitrogen functional groups attached to an aromatic ring is 1. The van der Waals surface area contributed by atoms with Crippen molar-refractivity contribution in [3.63, 3.8) is 0 Å². The Hall–Kier alpha value is -2.81. The molecule has 4 rings (SSSR count). The van der Waals surface area contributed by atoms with Gasteiger partial charge in [0.15, 0.2) is 17.5 Å². The van der Waals surface area contributed by atoms with E-state index >= 15 is 0 Å². The van der Waals surface area contributed by atoms with Gasteiger partial charge in [0.05, 0.1) is 0 Å². The van der Waals surface area contributed by atoms with E-state index in [1.807, 2.05) is 12.1 Å². The first-order valence-corrected chi connectivity index (χ1v) is 11.4. The standard InChI is InChI=1S/C21H27N7OS/c1-13(2)18-26-21(29-27-18)14-8-10-28(11-9-14)20-17(22)19(23-12-24-20)25-15-4-6-16(30-3)7-5-15/h4-7,12-14H,8-11,22H2,1-3H3,(H,23,24,25). The highest BCUT2D eigenvalue weighted by atomic mass is 32.2. The topological polar surface area (TPSA) is 106 Å². The summed E-state index contributed by atoms with van der Waals surface area (Å²) in [4.78, 5) is 16.8. The second-order valence-corrected chi connectivity index (χ2v) is 8.60. The van der Waals surface area contributed by atoms with Crippen LogP contribution in [0.2, 0.25) is 0 Å². The summed E-state index contributed by atoms with van der Waals surface area (Å²) >= 11 is 1.71. The highest BCUT2D eigenvalue weighted by molar-refractivity contribution is 7.98. The van der Waals surface area contributed by atoms with Crippen LogP contribution >= 0.6 is 11.8 Å². The molecule has 0 amide bonds. The van der Waals surface area contributed by atoms with E-state index in [2.05, 4.69) is 62.6 Å². The highest BCUT2D eigenvalue weighted by Gasteiger charge is 2.27. The van der Waals surface area contributed by atoms with Crippen LogP contribution in [0.1, 0.15) is 50.2 Å². The van der Waals surface area contributed by atoms with Crippen molar-refractivity contribution >= 4 is 34.8 Å². The van der Waals surface area contributed by atoms with Crippen LogP contribution in [0.5, 0.6) is 0 Å². The quantitative estimate of drug-likeness (QED) is 0.555. The van der Waals surface area contributed by atoms with Crippen LogP contribution in [-0.4, -0.2) is 39.5 Å². The highest BCUT2D eigenvalue weighted by Crippen LogP contribution is 2.34. The van der Waals surface area contributed by atoms with Crippen molar-refractivity contribution in [3.05, 3.63) is 42.3 Å². The normalized spacial score (nSPS) is 15.0. The Labute approximate surface area is 180 Å². The smallest absolute Gasteiger partial charge is 0.229 e. The minimum absolute atomic E-state index is 0.270. The van der Waals surface area contributed by atoms with Crippen molar-refractivity contribution in [1.82, 2.24) is 20.1 Å². The summed E-state index contributed by atoms with van der Waals surface area (Å²) in [6.45, 7) is 5.79. The molecule has 0 radical (unpaired) electrons. The molecule has 9 heteroatoms. The van der Waals surface area contributed by atoms with Gasteiger partial charge in [0.2, 0.25) is 5.89 Å². The van der Waals surface area contributed by atoms with Gasteiger partial charge < -0.3 is 20.5 Å². The van der Waals surface area contributed by atoms with E-state index in [4.69, 9.17) is 10.3 Å². The molecule has 1 saturated heterocycles. The summed E-state index contributed by atoms with van der Waals surface area (Å²) in [7, 11) is 0. The third kappa shape index (κ3) is 4.35. The van der Waals surface area contributed by atoms with Gasteiger partial charge in [-0.3, -0.25) is 0 Å². The summed E-state index contributed by atoms with van der Waals surface area (Å²) in [6.07, 6.45) is 5.45. The van der Waals surface area contributed by atoms with Gasteiger partial charge in [0, 0.05) is 35.5 Å². The molecule has 0 spiro atoms. The Kier molecular flexibility index (Phi) is 6.08. The minimum atomic E-state index is 0.270. The first-order valence-electron chi connectivity index (χ1n) is 10.1. The molecule has 3 heterocycles. The van der Waals surface area contributed by atoms with Gasteiger partial charge in [-0.2, -0.15) is 4.98 Å². The third-order valence-electron chi connectivity index (χ3n) is 5.33. The molecule has 1 fully saturated rings. The average molecular weight is 426 g/mol. The number of thioether (sulfide) groups is 1. The molecule has 2 aromatic heterocycles. The number of nitrogens with zero attached hydrogens (tertiary/aromatic N) is 5. The van der Waals surface area contributed by atoms with Crippen LogP contribution in [0.3, 0.4) is 0 Å². The van der Waals surface area contributed by atoms with Crippen LogP contribution in [0, 0.1) is 0 Å². The summed E-state index contributed by atoms with van der Waals surface area (Å²) in [5, 5.41) is 7.40. The molecule has 1 aliphatic rings. The van der Waals surface area contributed by atoms with E-state index in [0.29, 0.717) is 11.5 Å². The van der Waals surface area contributed by atoms with Crippen LogP contribution in [-0.2, 0) is 0 Å². The van der Waals surface area contributed by atoms with E-state index < -0.39 is 0 Å². The summed E-state index contributed by atoms with van der Waals surface area (Å²) in [5.74, 6) is 3.44. The number of hydrogen-bond acceptors (Lipinski definition) is 9. The lowest BCUT2D eigenvalue weighted by atomic mass is 9.96. The van der Waals surface area contributed by atoms with Gasteiger partial charge in [-0.15, -0.1) is 11.8 Å². The van der Waals surface area contributed by atoms with Crippen LogP contribution in [0.15, 0.2) is 40.0 Å². The van der Waals surface area contributed by atoms with Gasteiger partial charge in [0.25, 0.3) is 0 Å². The fourth-order valence-electron chi connectivity index (χ4n) is 3.53. The first-order chi connectivity index (χ1) is 14.5. The zero-order chi connectivity index (χ0) is 21.1. The number of benzene rings is 1. The van der Waals surface area contributed by atoms with Gasteiger partial charge in [-0.1, -0.05) is 19.0 Å². The van der Waals surface area contributed by atoms with Crippen LogP contribution < -0.4 is 16.0 Å². The first kappa shape index (κ1) is 20.5. The number of nitrogens with two attached hydrogens (primary N) is 1. The minimum Gasteiger partial charge on any atom is -0.393 e. The molecule has 3 aromatic rings. The Bertz CT molecular complexity index is 981. The third-order valence-corrected chi connectivity index (χ3v) is 6.08. The maximum Gasteiger partial charge on any atom is 0.229 e. The molecule has 0 atom stereocenters. The molecule has 3 N–H and O–H groups in total. The zero-order valence-electron chi connectivity index (χ0n) is 17.5. The molecule has 1 aliphatic heterocycles. The van der Waals surface area contributed by atoms with E-state index in [1.165, 1.54) is 4.90 Å². The Morgan fingerprint density at radius 3 is 2.53 bits per heavy atom. The Balaban J connectivity index is 1.43. The monoisotopic (exact) mass is 425 g/mol. The molecule has 0 aliphatic carbocycles. The molecule has 30 heavy (non-hydrogen) atoms.